The largest absolute Gasteiger partial charge is 0.318 e. The fraction of sp³-hybridized carbons (Fsp3) is 0.231. The van der Waals surface area contributed by atoms with Gasteiger partial charge in [-0.25, -0.2) is 4.98 Å². The molecule has 2 rings (SSSR count). The van der Waals surface area contributed by atoms with Gasteiger partial charge in [0.1, 0.15) is 11.0 Å². The molecule has 0 saturated carbocycles. The first-order chi connectivity index (χ1) is 8.13. The van der Waals surface area contributed by atoms with Crippen molar-refractivity contribution in [2.75, 3.05) is 0 Å². The van der Waals surface area contributed by atoms with Crippen LogP contribution in [0.2, 0.25) is 5.15 Å². The molecule has 3 nitrogen and oxygen atoms in total. The maximum Gasteiger partial charge on any atom is 0.141 e. The molecule has 0 radical (unpaired) electrons. The van der Waals surface area contributed by atoms with Crippen LogP contribution >= 0.6 is 11.6 Å². The highest BCUT2D eigenvalue weighted by Gasteiger charge is 2.13. The van der Waals surface area contributed by atoms with Crippen LogP contribution in [-0.4, -0.2) is 9.55 Å². The standard InChI is InChI=1S/C13H12ClN3/c1-9-3-5-10(6-4-9)13-16-11(7-8-15)12(14)17(13)2/h3-6H,7H2,1-2H3. The molecule has 4 heteroatoms. The van der Waals surface area contributed by atoms with E-state index in [1.165, 1.54) is 5.56 Å². The maximum absolute atomic E-state index is 8.69. The minimum absolute atomic E-state index is 0.235. The fourth-order valence-corrected chi connectivity index (χ4v) is 1.87. The Morgan fingerprint density at radius 1 is 1.35 bits per heavy atom. The van der Waals surface area contributed by atoms with Crippen molar-refractivity contribution >= 4 is 11.6 Å². The molecule has 0 amide bonds. The first kappa shape index (κ1) is 11.7. The van der Waals surface area contributed by atoms with Gasteiger partial charge in [0.2, 0.25) is 0 Å². The number of hydrogen-bond donors (Lipinski definition) is 0. The molecule has 0 saturated heterocycles. The van der Waals surface area contributed by atoms with E-state index in [4.69, 9.17) is 16.9 Å². The summed E-state index contributed by atoms with van der Waals surface area (Å²) in [6.07, 6.45) is 0.235. The summed E-state index contributed by atoms with van der Waals surface area (Å²) in [5.74, 6) is 0.792. The van der Waals surface area contributed by atoms with Crippen molar-refractivity contribution in [3.05, 3.63) is 40.7 Å². The monoisotopic (exact) mass is 245 g/mol. The van der Waals surface area contributed by atoms with Gasteiger partial charge in [-0.1, -0.05) is 41.4 Å². The lowest BCUT2D eigenvalue weighted by atomic mass is 10.1. The van der Waals surface area contributed by atoms with E-state index in [9.17, 15) is 0 Å². The van der Waals surface area contributed by atoms with Crippen molar-refractivity contribution in [2.24, 2.45) is 7.05 Å². The molecule has 0 aliphatic carbocycles. The fourth-order valence-electron chi connectivity index (χ4n) is 1.68. The first-order valence-corrected chi connectivity index (χ1v) is 5.66. The number of nitrogens with zero attached hydrogens (tertiary/aromatic N) is 3. The molecular formula is C13H12ClN3. The summed E-state index contributed by atoms with van der Waals surface area (Å²) in [4.78, 5) is 4.41. The van der Waals surface area contributed by atoms with Gasteiger partial charge in [0.15, 0.2) is 0 Å². The Hall–Kier alpha value is -1.79. The van der Waals surface area contributed by atoms with Crippen LogP contribution in [0.15, 0.2) is 24.3 Å². The highest BCUT2D eigenvalue weighted by atomic mass is 35.5. The second-order valence-corrected chi connectivity index (χ2v) is 4.29. The predicted molar refractivity (Wildman–Crippen MR) is 67.7 cm³/mol. The number of hydrogen-bond acceptors (Lipinski definition) is 2. The normalized spacial score (nSPS) is 10.2. The molecule has 0 spiro atoms. The second kappa shape index (κ2) is 4.60. The Balaban J connectivity index is 2.49. The van der Waals surface area contributed by atoms with Crippen LogP contribution < -0.4 is 0 Å². The number of nitriles is 1. The Morgan fingerprint density at radius 3 is 2.59 bits per heavy atom. The molecule has 0 aliphatic rings. The van der Waals surface area contributed by atoms with E-state index in [0.717, 1.165) is 11.4 Å². The molecule has 0 bridgehead atoms. The van der Waals surface area contributed by atoms with Crippen LogP contribution in [0.4, 0.5) is 0 Å². The third kappa shape index (κ3) is 2.17. The molecule has 0 unspecified atom stereocenters. The summed E-state index contributed by atoms with van der Waals surface area (Å²) in [6.45, 7) is 2.04. The van der Waals surface area contributed by atoms with Crippen LogP contribution in [0.1, 0.15) is 11.3 Å². The molecule has 2 aromatic rings. The minimum atomic E-state index is 0.235. The van der Waals surface area contributed by atoms with Gasteiger partial charge in [-0.3, -0.25) is 0 Å². The van der Waals surface area contributed by atoms with Gasteiger partial charge in [0, 0.05) is 12.6 Å². The van der Waals surface area contributed by atoms with Crippen molar-refractivity contribution in [2.45, 2.75) is 13.3 Å². The van der Waals surface area contributed by atoms with Crippen molar-refractivity contribution in [1.29, 1.82) is 5.26 Å². The van der Waals surface area contributed by atoms with Crippen molar-refractivity contribution in [3.63, 3.8) is 0 Å². The van der Waals surface area contributed by atoms with Crippen LogP contribution in [0.5, 0.6) is 0 Å². The Labute approximate surface area is 105 Å². The summed E-state index contributed by atoms with van der Waals surface area (Å²) in [5, 5.41) is 9.22. The molecule has 1 aromatic carbocycles. The first-order valence-electron chi connectivity index (χ1n) is 5.28. The van der Waals surface area contributed by atoms with Gasteiger partial charge in [-0.05, 0) is 6.92 Å². The number of rotatable bonds is 2. The van der Waals surface area contributed by atoms with Gasteiger partial charge in [0.05, 0.1) is 18.2 Å². The molecule has 0 aliphatic heterocycles. The molecule has 1 heterocycles. The van der Waals surface area contributed by atoms with E-state index in [-0.39, 0.29) is 6.42 Å². The number of halogens is 1. The van der Waals surface area contributed by atoms with E-state index in [0.29, 0.717) is 10.8 Å². The predicted octanol–water partition coefficient (Wildman–Crippen LogP) is 3.12. The minimum Gasteiger partial charge on any atom is -0.318 e. The van der Waals surface area contributed by atoms with E-state index in [1.807, 2.05) is 38.2 Å². The summed E-state index contributed by atoms with van der Waals surface area (Å²) in [5.41, 5.74) is 2.84. The van der Waals surface area contributed by atoms with E-state index in [2.05, 4.69) is 11.1 Å². The molecule has 17 heavy (non-hydrogen) atoms. The Morgan fingerprint density at radius 2 is 2.00 bits per heavy atom. The van der Waals surface area contributed by atoms with Crippen molar-refractivity contribution in [1.82, 2.24) is 9.55 Å². The average Bonchev–Trinajstić information content (AvgIpc) is 2.59. The third-order valence-corrected chi connectivity index (χ3v) is 3.12. The molecule has 0 atom stereocenters. The lowest BCUT2D eigenvalue weighted by Gasteiger charge is -2.02. The lowest BCUT2D eigenvalue weighted by Crippen LogP contribution is -1.92. The molecular weight excluding hydrogens is 234 g/mol. The van der Waals surface area contributed by atoms with Crippen molar-refractivity contribution in [3.8, 4) is 17.5 Å². The summed E-state index contributed by atoms with van der Waals surface area (Å²) >= 11 is 6.12. The smallest absolute Gasteiger partial charge is 0.141 e. The van der Waals surface area contributed by atoms with Crippen molar-refractivity contribution < 1.29 is 0 Å². The Kier molecular flexibility index (Phi) is 3.16. The number of aryl methyl sites for hydroxylation is 1. The number of aromatic nitrogens is 2. The zero-order chi connectivity index (χ0) is 12.4. The maximum atomic E-state index is 8.69. The summed E-state index contributed by atoms with van der Waals surface area (Å²) in [6, 6.07) is 10.1. The highest BCUT2D eigenvalue weighted by molar-refractivity contribution is 6.30. The van der Waals surface area contributed by atoms with E-state index in [1.54, 1.807) is 4.57 Å². The Bertz CT molecular complexity index is 576. The quantitative estimate of drug-likeness (QED) is 0.816. The molecule has 0 N–H and O–H groups in total. The van der Waals surface area contributed by atoms with Gasteiger partial charge < -0.3 is 4.57 Å². The molecule has 0 fully saturated rings. The van der Waals surface area contributed by atoms with Crippen LogP contribution in [0, 0.1) is 18.3 Å². The van der Waals surface area contributed by atoms with Crippen LogP contribution in [-0.2, 0) is 13.5 Å². The summed E-state index contributed by atoms with van der Waals surface area (Å²) < 4.78 is 1.80. The summed E-state index contributed by atoms with van der Waals surface area (Å²) in [7, 11) is 1.85. The number of benzene rings is 1. The number of imidazole rings is 1. The zero-order valence-corrected chi connectivity index (χ0v) is 10.5. The third-order valence-electron chi connectivity index (χ3n) is 2.65. The molecule has 1 aromatic heterocycles. The van der Waals surface area contributed by atoms with Gasteiger partial charge in [-0.2, -0.15) is 5.26 Å². The SMILES string of the molecule is Cc1ccc(-c2nc(CC#N)c(Cl)n2C)cc1. The van der Waals surface area contributed by atoms with Gasteiger partial charge in [-0.15, -0.1) is 0 Å². The van der Waals surface area contributed by atoms with Crippen LogP contribution in [0.3, 0.4) is 0 Å². The van der Waals surface area contributed by atoms with E-state index >= 15 is 0 Å². The van der Waals surface area contributed by atoms with Gasteiger partial charge in [0.25, 0.3) is 0 Å². The van der Waals surface area contributed by atoms with E-state index < -0.39 is 0 Å². The van der Waals surface area contributed by atoms with Gasteiger partial charge >= 0.3 is 0 Å². The second-order valence-electron chi connectivity index (χ2n) is 3.93. The average molecular weight is 246 g/mol. The highest BCUT2D eigenvalue weighted by Crippen LogP contribution is 2.25. The topological polar surface area (TPSA) is 41.6 Å². The zero-order valence-electron chi connectivity index (χ0n) is 9.74. The van der Waals surface area contributed by atoms with Crippen LogP contribution in [0.25, 0.3) is 11.4 Å². The lowest BCUT2D eigenvalue weighted by molar-refractivity contribution is 0.924. The molecule has 86 valence electrons.